The van der Waals surface area contributed by atoms with Crippen LogP contribution in [0.15, 0.2) is 24.3 Å². The highest BCUT2D eigenvalue weighted by Gasteiger charge is 2.23. The molecule has 0 spiro atoms. The van der Waals surface area contributed by atoms with Gasteiger partial charge in [0.15, 0.2) is 0 Å². The van der Waals surface area contributed by atoms with Gasteiger partial charge in [-0.3, -0.25) is 0 Å². The average molecular weight is 233 g/mol. The van der Waals surface area contributed by atoms with Gasteiger partial charge in [0.2, 0.25) is 0 Å². The van der Waals surface area contributed by atoms with Gasteiger partial charge in [-0.1, -0.05) is 44.0 Å². The first-order valence-corrected chi connectivity index (χ1v) is 6.69. The summed E-state index contributed by atoms with van der Waals surface area (Å²) in [6, 6.07) is 8.24. The Labute approximate surface area is 104 Å². The normalized spacial score (nSPS) is 26.8. The van der Waals surface area contributed by atoms with Gasteiger partial charge in [-0.15, -0.1) is 0 Å². The maximum absolute atomic E-state index is 9.97. The Morgan fingerprint density at radius 2 is 1.88 bits per heavy atom. The molecule has 2 rings (SSSR count). The second-order valence-electron chi connectivity index (χ2n) is 5.34. The van der Waals surface area contributed by atoms with Crippen molar-refractivity contribution in [1.82, 2.24) is 0 Å². The van der Waals surface area contributed by atoms with Gasteiger partial charge >= 0.3 is 0 Å². The molecule has 0 bridgehead atoms. The van der Waals surface area contributed by atoms with Crippen LogP contribution in [0.3, 0.4) is 0 Å². The Hall–Kier alpha value is -0.860. The van der Waals surface area contributed by atoms with Gasteiger partial charge in [-0.2, -0.15) is 0 Å². The van der Waals surface area contributed by atoms with E-state index in [1.165, 1.54) is 31.2 Å². The third-order valence-electron chi connectivity index (χ3n) is 4.03. The molecular formula is C15H23NO. The Balaban J connectivity index is 2.19. The lowest BCUT2D eigenvalue weighted by Gasteiger charge is -2.28. The SMILES string of the molecule is CC1CCC(c2ccccc2C(O)CN)CC1. The molecule has 1 fully saturated rings. The molecule has 1 aromatic rings. The summed E-state index contributed by atoms with van der Waals surface area (Å²) < 4.78 is 0. The van der Waals surface area contributed by atoms with E-state index < -0.39 is 6.10 Å². The summed E-state index contributed by atoms with van der Waals surface area (Å²) in [7, 11) is 0. The van der Waals surface area contributed by atoms with Gasteiger partial charge in [-0.05, 0) is 35.8 Å². The number of aliphatic hydroxyl groups excluding tert-OH is 1. The molecule has 1 atom stereocenters. The molecule has 1 saturated carbocycles. The minimum atomic E-state index is -0.509. The van der Waals surface area contributed by atoms with Crippen molar-refractivity contribution in [2.75, 3.05) is 6.54 Å². The molecule has 0 aliphatic heterocycles. The maximum atomic E-state index is 9.97. The maximum Gasteiger partial charge on any atom is 0.0914 e. The number of aliphatic hydroxyl groups is 1. The fourth-order valence-corrected chi connectivity index (χ4v) is 2.88. The van der Waals surface area contributed by atoms with Crippen molar-refractivity contribution in [2.45, 2.75) is 44.6 Å². The number of hydrogen-bond donors (Lipinski definition) is 2. The molecule has 0 amide bonds. The molecule has 2 nitrogen and oxygen atoms in total. The van der Waals surface area contributed by atoms with E-state index in [4.69, 9.17) is 5.73 Å². The Morgan fingerprint density at radius 3 is 2.53 bits per heavy atom. The predicted octanol–water partition coefficient (Wildman–Crippen LogP) is 2.97. The van der Waals surface area contributed by atoms with Gasteiger partial charge in [0.05, 0.1) is 6.10 Å². The van der Waals surface area contributed by atoms with Crippen molar-refractivity contribution in [3.63, 3.8) is 0 Å². The topological polar surface area (TPSA) is 46.2 Å². The van der Waals surface area contributed by atoms with Crippen LogP contribution in [0, 0.1) is 5.92 Å². The summed E-state index contributed by atoms with van der Waals surface area (Å²) in [5.74, 6) is 1.47. The zero-order valence-corrected chi connectivity index (χ0v) is 10.6. The van der Waals surface area contributed by atoms with Crippen molar-refractivity contribution in [3.05, 3.63) is 35.4 Å². The third kappa shape index (κ3) is 2.88. The lowest BCUT2D eigenvalue weighted by Crippen LogP contribution is -2.17. The third-order valence-corrected chi connectivity index (χ3v) is 4.03. The van der Waals surface area contributed by atoms with Gasteiger partial charge in [-0.25, -0.2) is 0 Å². The van der Waals surface area contributed by atoms with Gasteiger partial charge in [0.25, 0.3) is 0 Å². The van der Waals surface area contributed by atoms with E-state index in [1.54, 1.807) is 0 Å². The van der Waals surface area contributed by atoms with Crippen molar-refractivity contribution in [3.8, 4) is 0 Å². The minimum absolute atomic E-state index is 0.306. The Morgan fingerprint density at radius 1 is 1.24 bits per heavy atom. The summed E-state index contributed by atoms with van der Waals surface area (Å²) in [6.45, 7) is 2.64. The summed E-state index contributed by atoms with van der Waals surface area (Å²) >= 11 is 0. The quantitative estimate of drug-likeness (QED) is 0.843. The average Bonchev–Trinajstić information content (AvgIpc) is 2.39. The van der Waals surface area contributed by atoms with E-state index in [2.05, 4.69) is 19.1 Å². The number of benzene rings is 1. The first kappa shape index (κ1) is 12.6. The molecule has 1 aliphatic rings. The van der Waals surface area contributed by atoms with Crippen molar-refractivity contribution in [2.24, 2.45) is 11.7 Å². The molecule has 1 aromatic carbocycles. The van der Waals surface area contributed by atoms with Crippen LogP contribution in [-0.4, -0.2) is 11.7 Å². The van der Waals surface area contributed by atoms with E-state index >= 15 is 0 Å². The molecular weight excluding hydrogens is 210 g/mol. The lowest BCUT2D eigenvalue weighted by molar-refractivity contribution is 0.184. The number of rotatable bonds is 3. The van der Waals surface area contributed by atoms with Crippen LogP contribution >= 0.6 is 0 Å². The zero-order chi connectivity index (χ0) is 12.3. The molecule has 3 N–H and O–H groups in total. The highest BCUT2D eigenvalue weighted by Crippen LogP contribution is 2.38. The highest BCUT2D eigenvalue weighted by atomic mass is 16.3. The standard InChI is InChI=1S/C15H23NO/c1-11-6-8-12(9-7-11)13-4-2-3-5-14(13)15(17)10-16/h2-5,11-12,15,17H,6-10,16H2,1H3. The molecule has 1 aliphatic carbocycles. The molecule has 17 heavy (non-hydrogen) atoms. The van der Waals surface area contributed by atoms with Crippen LogP contribution in [0.4, 0.5) is 0 Å². The number of nitrogens with two attached hydrogens (primary N) is 1. The van der Waals surface area contributed by atoms with E-state index in [9.17, 15) is 5.11 Å². The van der Waals surface area contributed by atoms with E-state index in [1.807, 2.05) is 12.1 Å². The summed E-state index contributed by atoms with van der Waals surface area (Å²) in [4.78, 5) is 0. The predicted molar refractivity (Wildman–Crippen MR) is 70.8 cm³/mol. The first-order chi connectivity index (χ1) is 8.22. The van der Waals surface area contributed by atoms with Crippen LogP contribution < -0.4 is 5.73 Å². The van der Waals surface area contributed by atoms with Gasteiger partial charge in [0.1, 0.15) is 0 Å². The molecule has 1 unspecified atom stereocenters. The van der Waals surface area contributed by atoms with E-state index in [0.717, 1.165) is 11.5 Å². The molecule has 2 heteroatoms. The molecule has 94 valence electrons. The lowest BCUT2D eigenvalue weighted by atomic mass is 9.77. The number of hydrogen-bond acceptors (Lipinski definition) is 2. The summed E-state index contributed by atoms with van der Waals surface area (Å²) in [6.07, 6.45) is 4.59. The van der Waals surface area contributed by atoms with Gasteiger partial charge in [0, 0.05) is 6.54 Å². The van der Waals surface area contributed by atoms with Crippen LogP contribution in [-0.2, 0) is 0 Å². The smallest absolute Gasteiger partial charge is 0.0914 e. The van der Waals surface area contributed by atoms with Crippen LogP contribution in [0.25, 0.3) is 0 Å². The van der Waals surface area contributed by atoms with Crippen molar-refractivity contribution >= 4 is 0 Å². The van der Waals surface area contributed by atoms with Crippen molar-refractivity contribution < 1.29 is 5.11 Å². The molecule has 0 radical (unpaired) electrons. The van der Waals surface area contributed by atoms with Crippen LogP contribution in [0.5, 0.6) is 0 Å². The van der Waals surface area contributed by atoms with Crippen molar-refractivity contribution in [1.29, 1.82) is 0 Å². The summed E-state index contributed by atoms with van der Waals surface area (Å²) in [5, 5.41) is 9.97. The van der Waals surface area contributed by atoms with E-state index in [-0.39, 0.29) is 0 Å². The fourth-order valence-electron chi connectivity index (χ4n) is 2.88. The summed E-state index contributed by atoms with van der Waals surface area (Å²) in [5.41, 5.74) is 7.93. The zero-order valence-electron chi connectivity index (χ0n) is 10.6. The monoisotopic (exact) mass is 233 g/mol. The van der Waals surface area contributed by atoms with Crippen LogP contribution in [0.2, 0.25) is 0 Å². The molecule has 0 aromatic heterocycles. The minimum Gasteiger partial charge on any atom is -0.387 e. The largest absolute Gasteiger partial charge is 0.387 e. The highest BCUT2D eigenvalue weighted by molar-refractivity contribution is 5.32. The molecule has 0 heterocycles. The second kappa shape index (κ2) is 5.65. The second-order valence-corrected chi connectivity index (χ2v) is 5.34. The fraction of sp³-hybridized carbons (Fsp3) is 0.600. The Bertz CT molecular complexity index is 356. The molecule has 0 saturated heterocycles. The van der Waals surface area contributed by atoms with Crippen LogP contribution in [0.1, 0.15) is 55.8 Å². The first-order valence-electron chi connectivity index (χ1n) is 6.69. The van der Waals surface area contributed by atoms with E-state index in [0.29, 0.717) is 12.5 Å². The Kier molecular flexibility index (Phi) is 4.19. The van der Waals surface area contributed by atoms with Gasteiger partial charge < -0.3 is 10.8 Å².